The minimum absolute atomic E-state index is 0.0996. The highest BCUT2D eigenvalue weighted by Gasteiger charge is 2.20. The first-order chi connectivity index (χ1) is 7.00. The molecule has 0 aliphatic carbocycles. The number of aliphatic hydroxyl groups is 1. The number of carbonyl (C=O) groups excluding carboxylic acids is 1. The summed E-state index contributed by atoms with van der Waals surface area (Å²) in [5.41, 5.74) is 5.67. The largest absolute Gasteiger partial charge is 0.396 e. The predicted octanol–water partition coefficient (Wildman–Crippen LogP) is 0.591. The third-order valence-corrected chi connectivity index (χ3v) is 2.71. The van der Waals surface area contributed by atoms with Crippen molar-refractivity contribution in [2.75, 3.05) is 20.2 Å². The van der Waals surface area contributed by atoms with Crippen LogP contribution in [0.4, 0.5) is 0 Å². The Kier molecular flexibility index (Phi) is 7.34. The minimum Gasteiger partial charge on any atom is -0.396 e. The monoisotopic (exact) mass is 216 g/mol. The second-order valence-electron chi connectivity index (χ2n) is 4.19. The molecule has 1 amide bonds. The van der Waals surface area contributed by atoms with Crippen molar-refractivity contribution >= 4 is 5.91 Å². The number of carbonyl (C=O) groups is 1. The number of aliphatic hydroxyl groups excluding tert-OH is 1. The van der Waals surface area contributed by atoms with E-state index >= 15 is 0 Å². The topological polar surface area (TPSA) is 66.6 Å². The summed E-state index contributed by atoms with van der Waals surface area (Å²) in [7, 11) is 1.81. The zero-order valence-electron chi connectivity index (χ0n) is 10.1. The first-order valence-corrected chi connectivity index (χ1v) is 5.62. The predicted molar refractivity (Wildman–Crippen MR) is 61.4 cm³/mol. The molecule has 0 aliphatic rings. The Bertz CT molecular complexity index is 183. The van der Waals surface area contributed by atoms with Crippen LogP contribution in [0, 0.1) is 5.92 Å². The molecule has 2 unspecified atom stereocenters. The summed E-state index contributed by atoms with van der Waals surface area (Å²) in [4.78, 5) is 13.5. The van der Waals surface area contributed by atoms with Gasteiger partial charge < -0.3 is 15.7 Å². The van der Waals surface area contributed by atoms with E-state index in [4.69, 9.17) is 10.8 Å². The molecule has 0 aromatic rings. The molecule has 90 valence electrons. The van der Waals surface area contributed by atoms with Crippen molar-refractivity contribution in [3.05, 3.63) is 0 Å². The average Bonchev–Trinajstić information content (AvgIpc) is 2.21. The number of rotatable bonds is 7. The van der Waals surface area contributed by atoms with Crippen LogP contribution in [0.3, 0.4) is 0 Å². The molecule has 15 heavy (non-hydrogen) atoms. The highest BCUT2D eigenvalue weighted by Crippen LogP contribution is 2.06. The molecule has 0 fully saturated rings. The lowest BCUT2D eigenvalue weighted by molar-refractivity contribution is -0.134. The molecule has 0 saturated heterocycles. The number of nitrogens with zero attached hydrogens (tertiary/aromatic N) is 1. The highest BCUT2D eigenvalue weighted by atomic mass is 16.2. The molecule has 0 spiro atoms. The van der Waals surface area contributed by atoms with Crippen LogP contribution in [0.2, 0.25) is 0 Å². The quantitative estimate of drug-likeness (QED) is 0.612. The first-order valence-electron chi connectivity index (χ1n) is 5.62. The highest BCUT2D eigenvalue weighted by molar-refractivity contribution is 5.78. The lowest BCUT2D eigenvalue weighted by Gasteiger charge is -2.23. The molecule has 0 aromatic carbocycles. The van der Waals surface area contributed by atoms with Crippen molar-refractivity contribution in [1.82, 2.24) is 4.90 Å². The molecule has 4 heteroatoms. The van der Waals surface area contributed by atoms with Crippen LogP contribution in [0.15, 0.2) is 0 Å². The van der Waals surface area contributed by atoms with E-state index in [1.807, 2.05) is 13.8 Å². The molecule has 0 radical (unpaired) electrons. The van der Waals surface area contributed by atoms with Gasteiger partial charge in [-0.3, -0.25) is 4.79 Å². The number of unbranched alkanes of at least 4 members (excludes halogenated alkanes) is 2. The maximum atomic E-state index is 11.7. The van der Waals surface area contributed by atoms with Crippen molar-refractivity contribution in [3.8, 4) is 0 Å². The van der Waals surface area contributed by atoms with E-state index < -0.39 is 0 Å². The summed E-state index contributed by atoms with van der Waals surface area (Å²) in [5.74, 6) is -0.0122. The van der Waals surface area contributed by atoms with Crippen LogP contribution in [0.5, 0.6) is 0 Å². The number of amides is 1. The maximum absolute atomic E-state index is 11.7. The van der Waals surface area contributed by atoms with Gasteiger partial charge in [-0.1, -0.05) is 6.92 Å². The van der Waals surface area contributed by atoms with Gasteiger partial charge in [0.2, 0.25) is 5.91 Å². The van der Waals surface area contributed by atoms with Crippen LogP contribution in [-0.4, -0.2) is 42.2 Å². The summed E-state index contributed by atoms with van der Waals surface area (Å²) >= 11 is 0. The van der Waals surface area contributed by atoms with Gasteiger partial charge in [0.15, 0.2) is 0 Å². The third kappa shape index (κ3) is 5.74. The Hall–Kier alpha value is -0.610. The van der Waals surface area contributed by atoms with Gasteiger partial charge in [0.05, 0.1) is 5.92 Å². The van der Waals surface area contributed by atoms with E-state index in [1.165, 1.54) is 0 Å². The minimum atomic E-state index is -0.118. The van der Waals surface area contributed by atoms with Gasteiger partial charge in [0, 0.05) is 26.2 Å². The molecule has 0 bridgehead atoms. The van der Waals surface area contributed by atoms with E-state index in [0.29, 0.717) is 0 Å². The van der Waals surface area contributed by atoms with Gasteiger partial charge in [-0.25, -0.2) is 0 Å². The van der Waals surface area contributed by atoms with Crippen molar-refractivity contribution in [2.45, 2.75) is 39.2 Å². The molecule has 3 N–H and O–H groups in total. The standard InChI is InChI=1S/C11H24N2O2/c1-9(10(2)12)11(15)13(3)7-5-4-6-8-14/h9-10,14H,4-8,12H2,1-3H3. The third-order valence-electron chi connectivity index (χ3n) is 2.71. The molecule has 0 aromatic heterocycles. The molecule has 0 heterocycles. The van der Waals surface area contributed by atoms with E-state index in [9.17, 15) is 4.79 Å². The smallest absolute Gasteiger partial charge is 0.226 e. The van der Waals surface area contributed by atoms with Crippen molar-refractivity contribution in [1.29, 1.82) is 0 Å². The Morgan fingerprint density at radius 3 is 2.40 bits per heavy atom. The van der Waals surface area contributed by atoms with Crippen molar-refractivity contribution in [2.24, 2.45) is 11.7 Å². The molecular formula is C11H24N2O2. The van der Waals surface area contributed by atoms with Gasteiger partial charge >= 0.3 is 0 Å². The lowest BCUT2D eigenvalue weighted by atomic mass is 10.0. The first kappa shape index (κ1) is 14.4. The zero-order chi connectivity index (χ0) is 11.8. The van der Waals surface area contributed by atoms with E-state index in [1.54, 1.807) is 11.9 Å². The summed E-state index contributed by atoms with van der Waals surface area (Å²) in [6.07, 6.45) is 2.71. The Morgan fingerprint density at radius 1 is 1.33 bits per heavy atom. The van der Waals surface area contributed by atoms with Crippen molar-refractivity contribution in [3.63, 3.8) is 0 Å². The van der Waals surface area contributed by atoms with Crippen LogP contribution in [-0.2, 0) is 4.79 Å². The van der Waals surface area contributed by atoms with Gasteiger partial charge in [0.25, 0.3) is 0 Å². The second-order valence-corrected chi connectivity index (χ2v) is 4.19. The Morgan fingerprint density at radius 2 is 1.93 bits per heavy atom. The SMILES string of the molecule is CC(N)C(C)C(=O)N(C)CCCCCO. The van der Waals surface area contributed by atoms with Crippen LogP contribution >= 0.6 is 0 Å². The number of hydrogen-bond acceptors (Lipinski definition) is 3. The van der Waals surface area contributed by atoms with E-state index in [2.05, 4.69) is 0 Å². The van der Waals surface area contributed by atoms with Crippen molar-refractivity contribution < 1.29 is 9.90 Å². The molecule has 0 rings (SSSR count). The fourth-order valence-corrected chi connectivity index (χ4v) is 1.32. The maximum Gasteiger partial charge on any atom is 0.226 e. The normalized spacial score (nSPS) is 14.7. The number of nitrogens with two attached hydrogens (primary N) is 1. The summed E-state index contributed by atoms with van der Waals surface area (Å²) in [5, 5.41) is 8.60. The molecular weight excluding hydrogens is 192 g/mol. The van der Waals surface area contributed by atoms with E-state index in [0.717, 1.165) is 25.8 Å². The van der Waals surface area contributed by atoms with E-state index in [-0.39, 0.29) is 24.5 Å². The second kappa shape index (κ2) is 7.65. The Labute approximate surface area is 92.4 Å². The summed E-state index contributed by atoms with van der Waals surface area (Å²) in [6.45, 7) is 4.68. The molecule has 0 aliphatic heterocycles. The molecule has 0 saturated carbocycles. The average molecular weight is 216 g/mol. The van der Waals surface area contributed by atoms with Gasteiger partial charge in [-0.2, -0.15) is 0 Å². The molecule has 2 atom stereocenters. The summed E-state index contributed by atoms with van der Waals surface area (Å²) < 4.78 is 0. The van der Waals surface area contributed by atoms with Crippen LogP contribution in [0.1, 0.15) is 33.1 Å². The molecule has 4 nitrogen and oxygen atoms in total. The fraction of sp³-hybridized carbons (Fsp3) is 0.909. The van der Waals surface area contributed by atoms with Gasteiger partial charge in [-0.15, -0.1) is 0 Å². The number of hydrogen-bond donors (Lipinski definition) is 2. The van der Waals surface area contributed by atoms with Gasteiger partial charge in [-0.05, 0) is 26.2 Å². The zero-order valence-corrected chi connectivity index (χ0v) is 10.1. The van der Waals surface area contributed by atoms with Gasteiger partial charge in [0.1, 0.15) is 0 Å². The lowest BCUT2D eigenvalue weighted by Crippen LogP contribution is -2.40. The summed E-state index contributed by atoms with van der Waals surface area (Å²) in [6, 6.07) is -0.0996. The Balaban J connectivity index is 3.78. The fourth-order valence-electron chi connectivity index (χ4n) is 1.32. The van der Waals surface area contributed by atoms with Crippen LogP contribution < -0.4 is 5.73 Å². The van der Waals surface area contributed by atoms with Crippen LogP contribution in [0.25, 0.3) is 0 Å².